The van der Waals surface area contributed by atoms with Gasteiger partial charge in [0.15, 0.2) is 5.82 Å². The molecule has 1 saturated heterocycles. The number of rotatable bonds is 6. The summed E-state index contributed by atoms with van der Waals surface area (Å²) in [5.41, 5.74) is 8.99. The molecule has 2 aromatic rings. The molecule has 8 heteroatoms. The Labute approximate surface area is 182 Å². The second-order valence-corrected chi connectivity index (χ2v) is 8.44. The first-order valence-electron chi connectivity index (χ1n) is 9.93. The van der Waals surface area contributed by atoms with Crippen LogP contribution in [0.1, 0.15) is 25.5 Å². The van der Waals surface area contributed by atoms with Gasteiger partial charge in [-0.2, -0.15) is 11.8 Å². The van der Waals surface area contributed by atoms with E-state index in [2.05, 4.69) is 71.7 Å². The van der Waals surface area contributed by atoms with Gasteiger partial charge in [0.2, 0.25) is 0 Å². The van der Waals surface area contributed by atoms with Crippen molar-refractivity contribution < 1.29 is 4.74 Å². The second kappa shape index (κ2) is 10.2. The largest absolute Gasteiger partial charge is 0.396 e. The van der Waals surface area contributed by atoms with Crippen molar-refractivity contribution in [3.05, 3.63) is 36.0 Å². The molecule has 1 aromatic heterocycles. The van der Waals surface area contributed by atoms with E-state index in [4.69, 9.17) is 14.7 Å². The van der Waals surface area contributed by atoms with Crippen molar-refractivity contribution in [1.82, 2.24) is 9.97 Å². The Morgan fingerprint density at radius 3 is 2.45 bits per heavy atom. The number of thiocarbonyl (C=S) groups is 1. The van der Waals surface area contributed by atoms with Crippen LogP contribution in [0.2, 0.25) is 0 Å². The van der Waals surface area contributed by atoms with Gasteiger partial charge in [0, 0.05) is 37.0 Å². The zero-order valence-corrected chi connectivity index (χ0v) is 18.7. The van der Waals surface area contributed by atoms with Gasteiger partial charge in [-0.15, -0.1) is 0 Å². The van der Waals surface area contributed by atoms with Crippen molar-refractivity contribution in [1.29, 1.82) is 0 Å². The van der Waals surface area contributed by atoms with Crippen molar-refractivity contribution in [3.63, 3.8) is 0 Å². The van der Waals surface area contributed by atoms with Gasteiger partial charge in [-0.05, 0) is 50.3 Å². The summed E-state index contributed by atoms with van der Waals surface area (Å²) < 4.78 is 5.69. The lowest BCUT2D eigenvalue weighted by atomic mass is 10.1. The van der Waals surface area contributed by atoms with Crippen LogP contribution in [0.15, 0.2) is 30.3 Å². The number of nitrogens with zero attached hydrogens (tertiary/aromatic N) is 3. The summed E-state index contributed by atoms with van der Waals surface area (Å²) in [6, 6.07) is 10.6. The van der Waals surface area contributed by atoms with Crippen molar-refractivity contribution in [2.45, 2.75) is 24.5 Å². The number of anilines is 2. The third-order valence-corrected chi connectivity index (χ3v) is 6.53. The highest BCUT2D eigenvalue weighted by Gasteiger charge is 2.45. The molecule has 0 bridgehead atoms. The predicted octanol–water partition coefficient (Wildman–Crippen LogP) is 3.67. The Bertz CT molecular complexity index is 805. The molecule has 0 spiro atoms. The fraction of sp³-hybridized carbons (Fsp3) is 0.476. The van der Waals surface area contributed by atoms with E-state index < -0.39 is 0 Å². The molecule has 0 amide bonds. The van der Waals surface area contributed by atoms with E-state index in [1.54, 1.807) is 0 Å². The summed E-state index contributed by atoms with van der Waals surface area (Å²) in [7, 11) is 0. The van der Waals surface area contributed by atoms with Gasteiger partial charge in [-0.3, -0.25) is 0 Å². The Balaban J connectivity index is 0.000000755. The molecule has 1 aliphatic heterocycles. The molecule has 0 unspecified atom stereocenters. The molecular formula is C21H29N5OS2. The van der Waals surface area contributed by atoms with E-state index in [0.29, 0.717) is 0 Å². The average Bonchev–Trinajstić information content (AvgIpc) is 3.57. The van der Waals surface area contributed by atoms with Crippen molar-refractivity contribution in [3.8, 4) is 11.4 Å². The smallest absolute Gasteiger partial charge is 0.161 e. The molecule has 0 atom stereocenters. The molecule has 29 heavy (non-hydrogen) atoms. The molecule has 1 aromatic carbocycles. The number of nitrogens with two attached hydrogens (primary N) is 1. The summed E-state index contributed by atoms with van der Waals surface area (Å²) >= 11 is 5.96. The number of aromatic nitrogens is 2. The number of ether oxygens (including phenoxy) is 1. The van der Waals surface area contributed by atoms with Gasteiger partial charge in [0.05, 0.1) is 29.1 Å². The fourth-order valence-electron chi connectivity index (χ4n) is 3.37. The average molecular weight is 432 g/mol. The number of thioether (sulfide) groups is 1. The van der Waals surface area contributed by atoms with Crippen molar-refractivity contribution in [2.24, 2.45) is 5.73 Å². The van der Waals surface area contributed by atoms with Crippen LogP contribution >= 0.6 is 24.0 Å². The maximum absolute atomic E-state index is 5.51. The summed E-state index contributed by atoms with van der Waals surface area (Å²) in [6.07, 6.45) is 4.59. The Hall–Kier alpha value is -1.90. The number of morpholine rings is 1. The molecule has 156 valence electrons. The van der Waals surface area contributed by atoms with Crippen LogP contribution in [0.25, 0.3) is 11.4 Å². The minimum absolute atomic E-state index is 0.183. The lowest BCUT2D eigenvalue weighted by Crippen LogP contribution is -2.37. The minimum atomic E-state index is 0.183. The summed E-state index contributed by atoms with van der Waals surface area (Å²) in [5, 5.41) is 3.34. The fourth-order valence-corrected chi connectivity index (χ4v) is 4.20. The number of nitrogens with one attached hydrogen (secondary N) is 1. The quantitative estimate of drug-likeness (QED) is 0.671. The van der Waals surface area contributed by atoms with E-state index in [1.165, 1.54) is 18.5 Å². The lowest BCUT2D eigenvalue weighted by Gasteiger charge is -2.29. The Kier molecular flexibility index (Phi) is 7.69. The molecule has 6 nitrogen and oxygen atoms in total. The Morgan fingerprint density at radius 1 is 1.24 bits per heavy atom. The summed E-state index contributed by atoms with van der Waals surface area (Å²) in [5.74, 6) is 1.86. The van der Waals surface area contributed by atoms with Crippen LogP contribution < -0.4 is 16.0 Å². The van der Waals surface area contributed by atoms with Gasteiger partial charge in [0.1, 0.15) is 5.82 Å². The van der Waals surface area contributed by atoms with Gasteiger partial charge < -0.3 is 20.7 Å². The molecule has 1 aliphatic carbocycles. The number of benzene rings is 1. The standard InChI is InChI=1S/C20H26N4OS.CH3NS/c1-3-21-16-6-4-15(5-7-16)19-22-17(20(26-2)8-9-20)14-18(23-19)24-10-12-25-13-11-24;2-1-3/h4-7,14,21H,3,8-13H2,1-2H3;1H,(H2,2,3). The lowest BCUT2D eigenvalue weighted by molar-refractivity contribution is 0.122. The summed E-state index contributed by atoms with van der Waals surface area (Å²) in [6.45, 7) is 6.33. The van der Waals surface area contributed by atoms with Crippen LogP contribution in [-0.4, -0.2) is 54.6 Å². The van der Waals surface area contributed by atoms with E-state index >= 15 is 0 Å². The second-order valence-electron chi connectivity index (χ2n) is 6.98. The molecule has 0 radical (unpaired) electrons. The predicted molar refractivity (Wildman–Crippen MR) is 127 cm³/mol. The normalized spacial score (nSPS) is 17.1. The van der Waals surface area contributed by atoms with Gasteiger partial charge in [-0.25, -0.2) is 9.97 Å². The van der Waals surface area contributed by atoms with Gasteiger partial charge in [-0.1, -0.05) is 12.2 Å². The zero-order chi connectivity index (χ0) is 20.7. The molecule has 3 N–H and O–H groups in total. The maximum Gasteiger partial charge on any atom is 0.161 e. The van der Waals surface area contributed by atoms with Crippen LogP contribution in [0, 0.1) is 0 Å². The third kappa shape index (κ3) is 5.38. The highest BCUT2D eigenvalue weighted by Crippen LogP contribution is 2.55. The van der Waals surface area contributed by atoms with Crippen LogP contribution in [-0.2, 0) is 9.48 Å². The van der Waals surface area contributed by atoms with E-state index in [1.807, 2.05) is 11.8 Å². The van der Waals surface area contributed by atoms with Crippen LogP contribution in [0.3, 0.4) is 0 Å². The van der Waals surface area contributed by atoms with Crippen LogP contribution in [0.4, 0.5) is 11.5 Å². The van der Waals surface area contributed by atoms with Gasteiger partial charge in [0.25, 0.3) is 0 Å². The summed E-state index contributed by atoms with van der Waals surface area (Å²) in [4.78, 5) is 12.2. The number of hydrogen-bond donors (Lipinski definition) is 2. The zero-order valence-electron chi connectivity index (χ0n) is 17.1. The van der Waals surface area contributed by atoms with E-state index in [-0.39, 0.29) is 4.75 Å². The molecule has 2 fully saturated rings. The molecule has 2 heterocycles. The van der Waals surface area contributed by atoms with E-state index in [9.17, 15) is 0 Å². The van der Waals surface area contributed by atoms with Crippen LogP contribution in [0.5, 0.6) is 0 Å². The van der Waals surface area contributed by atoms with Crippen molar-refractivity contribution >= 4 is 41.0 Å². The monoisotopic (exact) mass is 431 g/mol. The van der Waals surface area contributed by atoms with Gasteiger partial charge >= 0.3 is 0 Å². The maximum atomic E-state index is 5.51. The Morgan fingerprint density at radius 2 is 1.90 bits per heavy atom. The first-order chi connectivity index (χ1) is 14.2. The number of hydrogen-bond acceptors (Lipinski definition) is 7. The first kappa shape index (κ1) is 21.8. The third-order valence-electron chi connectivity index (χ3n) is 5.13. The molecule has 2 aliphatic rings. The first-order valence-corrected chi connectivity index (χ1v) is 11.6. The molecular weight excluding hydrogens is 402 g/mol. The van der Waals surface area contributed by atoms with Crippen molar-refractivity contribution in [2.75, 3.05) is 49.3 Å². The van der Waals surface area contributed by atoms with E-state index in [0.717, 1.165) is 61.2 Å². The molecule has 1 saturated carbocycles. The molecule has 4 rings (SSSR count). The SMILES string of the molecule is CCNc1ccc(-c2nc(N3CCOCC3)cc(C3(SC)CC3)n2)cc1.NC=S. The minimum Gasteiger partial charge on any atom is -0.396 e. The topological polar surface area (TPSA) is 76.3 Å². The highest BCUT2D eigenvalue weighted by atomic mass is 32.2. The highest BCUT2D eigenvalue weighted by molar-refractivity contribution is 7.99.